The van der Waals surface area contributed by atoms with Crippen LogP contribution in [0.4, 0.5) is 5.69 Å². The molecule has 0 aliphatic rings. The van der Waals surface area contributed by atoms with Crippen molar-refractivity contribution in [1.29, 1.82) is 0 Å². The number of aromatic nitrogens is 1. The molecular formula is C16H14N2O6. The molecule has 2 aromatic rings. The summed E-state index contributed by atoms with van der Waals surface area (Å²) in [5.74, 6) is -3.02. The van der Waals surface area contributed by atoms with Crippen LogP contribution in [0.15, 0.2) is 36.5 Å². The third-order valence-electron chi connectivity index (χ3n) is 3.28. The molecule has 0 fully saturated rings. The van der Waals surface area contributed by atoms with Crippen LogP contribution in [0.1, 0.15) is 37.6 Å². The molecule has 0 saturated heterocycles. The highest BCUT2D eigenvalue weighted by atomic mass is 16.4. The van der Waals surface area contributed by atoms with E-state index >= 15 is 0 Å². The highest BCUT2D eigenvalue weighted by Crippen LogP contribution is 2.16. The normalized spacial score (nSPS) is 10.2. The lowest BCUT2D eigenvalue weighted by atomic mass is 10.1. The number of aryl methyl sites for hydroxylation is 1. The zero-order valence-corrected chi connectivity index (χ0v) is 12.4. The van der Waals surface area contributed by atoms with Crippen molar-refractivity contribution in [2.24, 2.45) is 0 Å². The van der Waals surface area contributed by atoms with Crippen molar-refractivity contribution in [2.45, 2.75) is 13.0 Å². The van der Waals surface area contributed by atoms with Crippen molar-refractivity contribution < 1.29 is 29.4 Å². The Kier molecular flexibility index (Phi) is 5.10. The van der Waals surface area contributed by atoms with Crippen LogP contribution in [0.3, 0.4) is 0 Å². The number of aldehydes is 1. The molecule has 2 rings (SSSR count). The average Bonchev–Trinajstić information content (AvgIpc) is 3.00. The van der Waals surface area contributed by atoms with E-state index in [-0.39, 0.29) is 29.8 Å². The number of nitrogens with one attached hydrogen (secondary N) is 1. The van der Waals surface area contributed by atoms with Crippen LogP contribution in [0.2, 0.25) is 0 Å². The number of amides is 1. The Labute approximate surface area is 136 Å². The van der Waals surface area contributed by atoms with E-state index in [1.807, 2.05) is 0 Å². The van der Waals surface area contributed by atoms with Gasteiger partial charge in [-0.2, -0.15) is 0 Å². The number of aromatic carboxylic acids is 2. The second kappa shape index (κ2) is 7.23. The number of benzene rings is 1. The molecule has 8 nitrogen and oxygen atoms in total. The van der Waals surface area contributed by atoms with Crippen molar-refractivity contribution in [3.8, 4) is 0 Å². The van der Waals surface area contributed by atoms with Gasteiger partial charge in [-0.3, -0.25) is 9.59 Å². The minimum atomic E-state index is -1.29. The maximum absolute atomic E-state index is 12.0. The summed E-state index contributed by atoms with van der Waals surface area (Å²) in [6.07, 6.45) is 2.37. The smallest absolute Gasteiger partial charge is 0.335 e. The van der Waals surface area contributed by atoms with Gasteiger partial charge in [0, 0.05) is 24.8 Å². The van der Waals surface area contributed by atoms with E-state index in [1.54, 1.807) is 22.9 Å². The third kappa shape index (κ3) is 4.07. The molecule has 1 amide bonds. The van der Waals surface area contributed by atoms with Crippen LogP contribution in [0.25, 0.3) is 0 Å². The van der Waals surface area contributed by atoms with Crippen LogP contribution in [-0.2, 0) is 11.3 Å². The van der Waals surface area contributed by atoms with Crippen LogP contribution in [0, 0.1) is 0 Å². The molecule has 0 atom stereocenters. The largest absolute Gasteiger partial charge is 0.478 e. The number of carboxylic acid groups (broad SMARTS) is 2. The molecule has 124 valence electrons. The monoisotopic (exact) mass is 330 g/mol. The van der Waals surface area contributed by atoms with E-state index in [4.69, 9.17) is 10.2 Å². The SMILES string of the molecule is O=Cc1cccn1CCC(=O)Nc1cc(C(=O)O)cc(C(=O)O)c1. The first-order chi connectivity index (χ1) is 11.4. The molecule has 0 bridgehead atoms. The predicted molar refractivity (Wildman–Crippen MR) is 83.4 cm³/mol. The summed E-state index contributed by atoms with van der Waals surface area (Å²) in [5.41, 5.74) is 0.0435. The summed E-state index contributed by atoms with van der Waals surface area (Å²) < 4.78 is 1.60. The van der Waals surface area contributed by atoms with Gasteiger partial charge in [-0.1, -0.05) is 0 Å². The number of carbonyl (C=O) groups excluding carboxylic acids is 2. The maximum atomic E-state index is 12.0. The van der Waals surface area contributed by atoms with Gasteiger partial charge < -0.3 is 20.1 Å². The number of nitrogens with zero attached hydrogens (tertiary/aromatic N) is 1. The molecule has 0 spiro atoms. The van der Waals surface area contributed by atoms with Gasteiger partial charge in [-0.25, -0.2) is 9.59 Å². The highest BCUT2D eigenvalue weighted by molar-refractivity contribution is 5.98. The molecule has 0 saturated carbocycles. The van der Waals surface area contributed by atoms with Gasteiger partial charge in [0.2, 0.25) is 5.91 Å². The fourth-order valence-corrected chi connectivity index (χ4v) is 2.13. The van der Waals surface area contributed by atoms with Gasteiger partial charge in [0.1, 0.15) is 0 Å². The molecule has 1 aromatic carbocycles. The summed E-state index contributed by atoms with van der Waals surface area (Å²) >= 11 is 0. The van der Waals surface area contributed by atoms with Gasteiger partial charge in [-0.15, -0.1) is 0 Å². The second-order valence-electron chi connectivity index (χ2n) is 4.95. The summed E-state index contributed by atoms with van der Waals surface area (Å²) in [6.45, 7) is 0.261. The molecule has 8 heteroatoms. The number of carboxylic acids is 2. The lowest BCUT2D eigenvalue weighted by molar-refractivity contribution is -0.116. The van der Waals surface area contributed by atoms with Gasteiger partial charge in [0.05, 0.1) is 16.8 Å². The Morgan fingerprint density at radius 2 is 1.71 bits per heavy atom. The summed E-state index contributed by atoms with van der Waals surface area (Å²) in [4.78, 5) is 44.8. The number of hydrogen-bond acceptors (Lipinski definition) is 4. The molecule has 1 aromatic heterocycles. The summed E-state index contributed by atoms with van der Waals surface area (Å²) in [6, 6.07) is 6.66. The Morgan fingerprint density at radius 1 is 1.08 bits per heavy atom. The second-order valence-corrected chi connectivity index (χ2v) is 4.95. The van der Waals surface area contributed by atoms with Crippen molar-refractivity contribution in [3.05, 3.63) is 53.3 Å². The molecule has 0 aliphatic carbocycles. The van der Waals surface area contributed by atoms with Gasteiger partial charge in [0.15, 0.2) is 6.29 Å². The van der Waals surface area contributed by atoms with Crippen LogP contribution in [-0.4, -0.2) is 38.9 Å². The molecule has 24 heavy (non-hydrogen) atoms. The van der Waals surface area contributed by atoms with Crippen LogP contribution in [0.5, 0.6) is 0 Å². The molecule has 0 unspecified atom stereocenters. The van der Waals surface area contributed by atoms with E-state index in [1.165, 1.54) is 12.1 Å². The number of rotatable bonds is 7. The lowest BCUT2D eigenvalue weighted by Gasteiger charge is -2.09. The van der Waals surface area contributed by atoms with Crippen LogP contribution >= 0.6 is 0 Å². The van der Waals surface area contributed by atoms with Gasteiger partial charge in [0.25, 0.3) is 0 Å². The molecule has 1 heterocycles. The lowest BCUT2D eigenvalue weighted by Crippen LogP contribution is -2.16. The van der Waals surface area contributed by atoms with Crippen LogP contribution < -0.4 is 5.32 Å². The molecule has 0 aliphatic heterocycles. The first kappa shape index (κ1) is 16.9. The van der Waals surface area contributed by atoms with Crippen molar-refractivity contribution in [2.75, 3.05) is 5.32 Å². The minimum absolute atomic E-state index is 0.0369. The molecule has 3 N–H and O–H groups in total. The summed E-state index contributed by atoms with van der Waals surface area (Å²) in [7, 11) is 0. The zero-order chi connectivity index (χ0) is 17.7. The van der Waals surface area contributed by atoms with E-state index in [9.17, 15) is 19.2 Å². The number of hydrogen-bond donors (Lipinski definition) is 3. The quantitative estimate of drug-likeness (QED) is 0.664. The number of anilines is 1. The number of carbonyl (C=O) groups is 4. The molecule has 0 radical (unpaired) electrons. The molecular weight excluding hydrogens is 316 g/mol. The Morgan fingerprint density at radius 3 is 2.25 bits per heavy atom. The Hall–Kier alpha value is -3.42. The Bertz CT molecular complexity index is 776. The fraction of sp³-hybridized carbons (Fsp3) is 0.125. The van der Waals surface area contributed by atoms with Crippen molar-refractivity contribution in [1.82, 2.24) is 4.57 Å². The summed E-state index contributed by atoms with van der Waals surface area (Å²) in [5, 5.41) is 20.5. The standard InChI is InChI=1S/C16H14N2O6/c19-9-13-2-1-4-18(13)5-3-14(20)17-12-7-10(15(21)22)6-11(8-12)16(23)24/h1-2,4,6-9H,3,5H2,(H,17,20)(H,21,22)(H,23,24). The predicted octanol–water partition coefficient (Wildman–Crippen LogP) is 1.73. The minimum Gasteiger partial charge on any atom is -0.478 e. The Balaban J connectivity index is 2.09. The van der Waals surface area contributed by atoms with E-state index in [0.717, 1.165) is 6.07 Å². The topological polar surface area (TPSA) is 126 Å². The van der Waals surface area contributed by atoms with E-state index < -0.39 is 17.8 Å². The highest BCUT2D eigenvalue weighted by Gasteiger charge is 2.13. The van der Waals surface area contributed by atoms with Gasteiger partial charge >= 0.3 is 11.9 Å². The van der Waals surface area contributed by atoms with Gasteiger partial charge in [-0.05, 0) is 30.3 Å². The average molecular weight is 330 g/mol. The van der Waals surface area contributed by atoms with Crippen molar-refractivity contribution >= 4 is 29.8 Å². The first-order valence-electron chi connectivity index (χ1n) is 6.92. The van der Waals surface area contributed by atoms with E-state index in [0.29, 0.717) is 12.0 Å². The maximum Gasteiger partial charge on any atom is 0.335 e. The van der Waals surface area contributed by atoms with E-state index in [2.05, 4.69) is 5.32 Å². The van der Waals surface area contributed by atoms with Crippen molar-refractivity contribution in [3.63, 3.8) is 0 Å². The third-order valence-corrected chi connectivity index (χ3v) is 3.28. The first-order valence-corrected chi connectivity index (χ1v) is 6.92. The fourth-order valence-electron chi connectivity index (χ4n) is 2.13. The zero-order valence-electron chi connectivity index (χ0n) is 12.4.